The van der Waals surface area contributed by atoms with E-state index >= 15 is 0 Å². The molecule has 0 aromatic heterocycles. The lowest BCUT2D eigenvalue weighted by atomic mass is 10.1. The standard InChI is InChI=1S/C23H13Br2Cl2N3O4/c24-18-8-14(9-19(25)22(18)34-12-13-1-3-16(26)4-2-13)7-15(11-28)23(31)29-21-10-17(30(32)33)5-6-20(21)27/h1-10H,12H2,(H,29,31)/b15-7+. The predicted octanol–water partition coefficient (Wildman–Crippen LogP) is 7.55. The maximum atomic E-state index is 12.6. The summed E-state index contributed by atoms with van der Waals surface area (Å²) in [5, 5.41) is 23.6. The Hall–Kier alpha value is -2.90. The quantitative estimate of drug-likeness (QED) is 0.126. The van der Waals surface area contributed by atoms with Crippen LogP contribution in [0.4, 0.5) is 11.4 Å². The lowest BCUT2D eigenvalue weighted by Gasteiger charge is -2.12. The molecule has 3 aromatic carbocycles. The van der Waals surface area contributed by atoms with Crippen molar-refractivity contribution in [3.63, 3.8) is 0 Å². The van der Waals surface area contributed by atoms with Gasteiger partial charge in [-0.15, -0.1) is 0 Å². The number of halogens is 4. The number of hydrogen-bond acceptors (Lipinski definition) is 5. The van der Waals surface area contributed by atoms with Crippen molar-refractivity contribution >= 4 is 78.4 Å². The SMILES string of the molecule is N#C/C(=C\c1cc(Br)c(OCc2ccc(Cl)cc2)c(Br)c1)C(=O)Nc1cc([N+](=O)[O-])ccc1Cl. The van der Waals surface area contributed by atoms with Crippen molar-refractivity contribution in [3.05, 3.63) is 100 Å². The zero-order chi connectivity index (χ0) is 24.8. The summed E-state index contributed by atoms with van der Waals surface area (Å²) in [6.45, 7) is 0.305. The number of hydrogen-bond donors (Lipinski definition) is 1. The van der Waals surface area contributed by atoms with Crippen LogP contribution in [-0.2, 0) is 11.4 Å². The van der Waals surface area contributed by atoms with E-state index in [0.29, 0.717) is 31.9 Å². The number of nitro benzene ring substituents is 1. The second-order valence-electron chi connectivity index (χ2n) is 6.77. The van der Waals surface area contributed by atoms with Crippen molar-refractivity contribution in [1.29, 1.82) is 5.26 Å². The first kappa shape index (κ1) is 25.7. The van der Waals surface area contributed by atoms with E-state index in [1.165, 1.54) is 18.2 Å². The van der Waals surface area contributed by atoms with Gasteiger partial charge < -0.3 is 10.1 Å². The minimum absolute atomic E-state index is 0.0234. The third kappa shape index (κ3) is 6.58. The van der Waals surface area contributed by atoms with Crippen LogP contribution in [0.25, 0.3) is 6.08 Å². The van der Waals surface area contributed by atoms with Gasteiger partial charge in [0, 0.05) is 17.2 Å². The molecule has 0 radical (unpaired) electrons. The van der Waals surface area contributed by atoms with Crippen molar-refractivity contribution in [2.24, 2.45) is 0 Å². The first-order valence-electron chi connectivity index (χ1n) is 9.41. The molecule has 0 fully saturated rings. The minimum atomic E-state index is -0.764. The molecule has 172 valence electrons. The Morgan fingerprint density at radius 1 is 1.12 bits per heavy atom. The van der Waals surface area contributed by atoms with E-state index in [1.54, 1.807) is 24.3 Å². The molecule has 0 saturated heterocycles. The Morgan fingerprint density at radius 3 is 2.35 bits per heavy atom. The molecule has 0 aliphatic carbocycles. The predicted molar refractivity (Wildman–Crippen MR) is 138 cm³/mol. The number of anilines is 1. The van der Waals surface area contributed by atoms with Crippen LogP contribution < -0.4 is 10.1 Å². The average Bonchev–Trinajstić information content (AvgIpc) is 2.79. The third-order valence-electron chi connectivity index (χ3n) is 4.40. The maximum Gasteiger partial charge on any atom is 0.271 e. The number of nitro groups is 1. The number of nitrogens with one attached hydrogen (secondary N) is 1. The summed E-state index contributed by atoms with van der Waals surface area (Å²) in [7, 11) is 0. The molecule has 0 aliphatic rings. The number of non-ortho nitro benzene ring substituents is 1. The molecular formula is C23H13Br2Cl2N3O4. The van der Waals surface area contributed by atoms with Crippen LogP contribution in [0.3, 0.4) is 0 Å². The highest BCUT2D eigenvalue weighted by Gasteiger charge is 2.16. The van der Waals surface area contributed by atoms with Crippen LogP contribution in [0.1, 0.15) is 11.1 Å². The van der Waals surface area contributed by atoms with Crippen LogP contribution >= 0.6 is 55.1 Å². The Labute approximate surface area is 221 Å². The van der Waals surface area contributed by atoms with E-state index in [-0.39, 0.29) is 22.0 Å². The lowest BCUT2D eigenvalue weighted by Crippen LogP contribution is -2.14. The van der Waals surface area contributed by atoms with E-state index in [2.05, 4.69) is 37.2 Å². The number of nitrogens with zero attached hydrogens (tertiary/aromatic N) is 2. The van der Waals surface area contributed by atoms with Crippen LogP contribution in [0.15, 0.2) is 69.1 Å². The van der Waals surface area contributed by atoms with Crippen molar-refractivity contribution < 1.29 is 14.5 Å². The summed E-state index contributed by atoms with van der Waals surface area (Å²) in [5.41, 5.74) is 1.01. The largest absolute Gasteiger partial charge is 0.487 e. The summed E-state index contributed by atoms with van der Waals surface area (Å²) in [6, 6.07) is 16.1. The number of benzene rings is 3. The molecule has 0 aliphatic heterocycles. The highest BCUT2D eigenvalue weighted by Crippen LogP contribution is 2.36. The van der Waals surface area contributed by atoms with E-state index in [4.69, 9.17) is 27.9 Å². The number of ether oxygens (including phenoxy) is 1. The van der Waals surface area contributed by atoms with E-state index < -0.39 is 10.8 Å². The number of carbonyl (C=O) groups is 1. The second-order valence-corrected chi connectivity index (χ2v) is 9.33. The molecule has 11 heteroatoms. The molecule has 0 unspecified atom stereocenters. The van der Waals surface area contributed by atoms with E-state index in [0.717, 1.165) is 11.6 Å². The van der Waals surface area contributed by atoms with Crippen LogP contribution in [0.2, 0.25) is 10.0 Å². The van der Waals surface area contributed by atoms with Gasteiger partial charge in [0.1, 0.15) is 24.0 Å². The fourth-order valence-electron chi connectivity index (χ4n) is 2.76. The molecule has 3 aromatic rings. The molecule has 0 saturated carbocycles. The van der Waals surface area contributed by atoms with Crippen molar-refractivity contribution in [3.8, 4) is 11.8 Å². The topological polar surface area (TPSA) is 105 Å². The maximum absolute atomic E-state index is 12.6. The van der Waals surface area contributed by atoms with Crippen LogP contribution in [-0.4, -0.2) is 10.8 Å². The number of rotatable bonds is 7. The van der Waals surface area contributed by atoms with Gasteiger partial charge in [0.25, 0.3) is 11.6 Å². The molecule has 34 heavy (non-hydrogen) atoms. The fourth-order valence-corrected chi connectivity index (χ4v) is 4.51. The Balaban J connectivity index is 1.79. The van der Waals surface area contributed by atoms with Gasteiger partial charge in [-0.05, 0) is 79.4 Å². The van der Waals surface area contributed by atoms with Gasteiger partial charge in [-0.3, -0.25) is 14.9 Å². The molecule has 0 atom stereocenters. The smallest absolute Gasteiger partial charge is 0.271 e. The van der Waals surface area contributed by atoms with Gasteiger partial charge in [0.15, 0.2) is 0 Å². The summed E-state index contributed by atoms with van der Waals surface area (Å²) in [5.74, 6) is -0.223. The lowest BCUT2D eigenvalue weighted by molar-refractivity contribution is -0.384. The second kappa shape index (κ2) is 11.5. The Morgan fingerprint density at radius 2 is 1.76 bits per heavy atom. The Kier molecular flexibility index (Phi) is 8.69. The summed E-state index contributed by atoms with van der Waals surface area (Å²) in [4.78, 5) is 23.0. The normalized spacial score (nSPS) is 11.0. The van der Waals surface area contributed by atoms with Gasteiger partial charge in [-0.2, -0.15) is 5.26 Å². The number of amides is 1. The third-order valence-corrected chi connectivity index (χ3v) is 6.16. The molecular weight excluding hydrogens is 613 g/mol. The molecule has 7 nitrogen and oxygen atoms in total. The molecule has 1 amide bonds. The van der Waals surface area contributed by atoms with E-state index in [1.807, 2.05) is 18.2 Å². The summed E-state index contributed by atoms with van der Waals surface area (Å²) in [6.07, 6.45) is 1.37. The van der Waals surface area contributed by atoms with Gasteiger partial charge >= 0.3 is 0 Å². The zero-order valence-electron chi connectivity index (χ0n) is 17.0. The highest BCUT2D eigenvalue weighted by molar-refractivity contribution is 9.11. The number of carbonyl (C=O) groups excluding carboxylic acids is 1. The van der Waals surface area contributed by atoms with Gasteiger partial charge in [-0.1, -0.05) is 35.3 Å². The molecule has 0 spiro atoms. The molecule has 0 heterocycles. The first-order chi connectivity index (χ1) is 16.2. The minimum Gasteiger partial charge on any atom is -0.487 e. The molecule has 3 rings (SSSR count). The van der Waals surface area contributed by atoms with Crippen molar-refractivity contribution in [1.82, 2.24) is 0 Å². The van der Waals surface area contributed by atoms with Gasteiger partial charge in [0.2, 0.25) is 0 Å². The first-order valence-corrected chi connectivity index (χ1v) is 11.8. The summed E-state index contributed by atoms with van der Waals surface area (Å²) < 4.78 is 7.08. The van der Waals surface area contributed by atoms with Crippen LogP contribution in [0.5, 0.6) is 5.75 Å². The van der Waals surface area contributed by atoms with Crippen molar-refractivity contribution in [2.75, 3.05) is 5.32 Å². The summed E-state index contributed by atoms with van der Waals surface area (Å²) >= 11 is 18.8. The molecule has 1 N–H and O–H groups in total. The highest BCUT2D eigenvalue weighted by atomic mass is 79.9. The molecule has 0 bridgehead atoms. The Bertz CT molecular complexity index is 1320. The fraction of sp³-hybridized carbons (Fsp3) is 0.0435. The zero-order valence-corrected chi connectivity index (χ0v) is 21.7. The number of nitriles is 1. The van der Waals surface area contributed by atoms with E-state index in [9.17, 15) is 20.2 Å². The van der Waals surface area contributed by atoms with Gasteiger partial charge in [-0.25, -0.2) is 0 Å². The van der Waals surface area contributed by atoms with Crippen molar-refractivity contribution in [2.45, 2.75) is 6.61 Å². The average molecular weight is 626 g/mol. The monoisotopic (exact) mass is 623 g/mol. The van der Waals surface area contributed by atoms with Gasteiger partial charge in [0.05, 0.1) is 24.6 Å². The van der Waals surface area contributed by atoms with Crippen LogP contribution in [0, 0.1) is 21.4 Å².